The quantitative estimate of drug-likeness (QED) is 0.613. The minimum Gasteiger partial charge on any atom is -0.341 e. The van der Waals surface area contributed by atoms with Crippen LogP contribution in [0.3, 0.4) is 0 Å². The highest BCUT2D eigenvalue weighted by molar-refractivity contribution is 6.31. The standard InChI is InChI=1S/C15H13ClN2O2/c1-10-14(16)7-2-11-8-9-17(15(10)11)12-3-5-13(6-4-12)18(19)20/h2-7H,8-9H2,1H3. The molecule has 0 unspecified atom stereocenters. The molecule has 0 radical (unpaired) electrons. The zero-order valence-corrected chi connectivity index (χ0v) is 11.7. The molecule has 2 aromatic rings. The van der Waals surface area contributed by atoms with Gasteiger partial charge in [0.25, 0.3) is 5.69 Å². The first-order valence-corrected chi connectivity index (χ1v) is 6.75. The largest absolute Gasteiger partial charge is 0.341 e. The van der Waals surface area contributed by atoms with Crippen molar-refractivity contribution >= 4 is 28.7 Å². The molecular formula is C15H13ClN2O2. The van der Waals surface area contributed by atoms with Crippen molar-refractivity contribution in [3.63, 3.8) is 0 Å². The molecular weight excluding hydrogens is 276 g/mol. The molecule has 0 saturated heterocycles. The molecule has 0 atom stereocenters. The van der Waals surface area contributed by atoms with Crippen molar-refractivity contribution in [2.45, 2.75) is 13.3 Å². The van der Waals surface area contributed by atoms with Crippen LogP contribution in [0.2, 0.25) is 5.02 Å². The van der Waals surface area contributed by atoms with Crippen molar-refractivity contribution in [3.8, 4) is 0 Å². The summed E-state index contributed by atoms with van der Waals surface area (Å²) in [4.78, 5) is 12.5. The molecule has 0 bridgehead atoms. The first kappa shape index (κ1) is 12.9. The number of nitro benzene ring substituents is 1. The van der Waals surface area contributed by atoms with E-state index in [0.29, 0.717) is 0 Å². The lowest BCUT2D eigenvalue weighted by atomic mass is 10.1. The lowest BCUT2D eigenvalue weighted by Gasteiger charge is -2.21. The van der Waals surface area contributed by atoms with Crippen LogP contribution >= 0.6 is 11.6 Å². The molecule has 2 aromatic carbocycles. The number of rotatable bonds is 2. The van der Waals surface area contributed by atoms with E-state index in [1.54, 1.807) is 12.1 Å². The van der Waals surface area contributed by atoms with Crippen molar-refractivity contribution in [1.82, 2.24) is 0 Å². The molecule has 0 fully saturated rings. The van der Waals surface area contributed by atoms with Gasteiger partial charge in [0.2, 0.25) is 0 Å². The van der Waals surface area contributed by atoms with Crippen LogP contribution in [0.5, 0.6) is 0 Å². The number of hydrogen-bond acceptors (Lipinski definition) is 3. The van der Waals surface area contributed by atoms with Gasteiger partial charge in [0.1, 0.15) is 0 Å². The molecule has 20 heavy (non-hydrogen) atoms. The third-order valence-corrected chi connectivity index (χ3v) is 4.10. The molecule has 0 aromatic heterocycles. The maximum Gasteiger partial charge on any atom is 0.269 e. The molecule has 4 nitrogen and oxygen atoms in total. The van der Waals surface area contributed by atoms with Crippen molar-refractivity contribution in [2.75, 3.05) is 11.4 Å². The number of hydrogen-bond donors (Lipinski definition) is 0. The summed E-state index contributed by atoms with van der Waals surface area (Å²) in [6.45, 7) is 2.87. The Balaban J connectivity index is 2.02. The Morgan fingerprint density at radius 2 is 1.90 bits per heavy atom. The van der Waals surface area contributed by atoms with Crippen LogP contribution in [0.1, 0.15) is 11.1 Å². The molecule has 0 aliphatic carbocycles. The van der Waals surface area contributed by atoms with Crippen LogP contribution in [0, 0.1) is 17.0 Å². The average Bonchev–Trinajstić information content (AvgIpc) is 2.87. The number of nitrogens with zero attached hydrogens (tertiary/aromatic N) is 2. The number of halogens is 1. The first-order valence-electron chi connectivity index (χ1n) is 6.38. The average molecular weight is 289 g/mol. The maximum atomic E-state index is 10.7. The fourth-order valence-corrected chi connectivity index (χ4v) is 2.82. The van der Waals surface area contributed by atoms with Gasteiger partial charge in [0.15, 0.2) is 0 Å². The number of anilines is 2. The lowest BCUT2D eigenvalue weighted by Crippen LogP contribution is -2.14. The number of non-ortho nitro benzene ring substituents is 1. The fraction of sp³-hybridized carbons (Fsp3) is 0.200. The highest BCUT2D eigenvalue weighted by Gasteiger charge is 2.23. The SMILES string of the molecule is Cc1c(Cl)ccc2c1N(c1ccc([N+](=O)[O-])cc1)CC2. The molecule has 0 spiro atoms. The second-order valence-corrected chi connectivity index (χ2v) is 5.26. The predicted molar refractivity (Wildman–Crippen MR) is 80.0 cm³/mol. The topological polar surface area (TPSA) is 46.4 Å². The molecule has 1 heterocycles. The Kier molecular flexibility index (Phi) is 3.10. The Morgan fingerprint density at radius 1 is 1.20 bits per heavy atom. The third kappa shape index (κ3) is 2.02. The Morgan fingerprint density at radius 3 is 2.55 bits per heavy atom. The zero-order valence-electron chi connectivity index (χ0n) is 11.0. The monoisotopic (exact) mass is 288 g/mol. The van der Waals surface area contributed by atoms with Gasteiger partial charge in [-0.3, -0.25) is 10.1 Å². The smallest absolute Gasteiger partial charge is 0.269 e. The van der Waals surface area contributed by atoms with E-state index in [0.717, 1.165) is 34.9 Å². The minimum atomic E-state index is -0.385. The van der Waals surface area contributed by atoms with E-state index in [4.69, 9.17) is 11.6 Å². The molecule has 0 N–H and O–H groups in total. The second-order valence-electron chi connectivity index (χ2n) is 4.86. The Bertz CT molecular complexity index is 683. The van der Waals surface area contributed by atoms with Crippen molar-refractivity contribution in [1.29, 1.82) is 0 Å². The molecule has 1 aliphatic heterocycles. The molecule has 102 valence electrons. The number of benzene rings is 2. The molecule has 1 aliphatic rings. The molecule has 5 heteroatoms. The summed E-state index contributed by atoms with van der Waals surface area (Å²) in [5.41, 5.74) is 4.52. The van der Waals surface area contributed by atoms with Gasteiger partial charge in [-0.05, 0) is 42.7 Å². The van der Waals surface area contributed by atoms with Crippen LogP contribution in [0.25, 0.3) is 0 Å². The Hall–Kier alpha value is -2.07. The number of fused-ring (bicyclic) bond motifs is 1. The van der Waals surface area contributed by atoms with Gasteiger partial charge in [-0.1, -0.05) is 17.7 Å². The van der Waals surface area contributed by atoms with Crippen molar-refractivity contribution in [2.24, 2.45) is 0 Å². The van der Waals surface area contributed by atoms with E-state index in [1.165, 1.54) is 17.7 Å². The van der Waals surface area contributed by atoms with E-state index in [9.17, 15) is 10.1 Å². The summed E-state index contributed by atoms with van der Waals surface area (Å²) in [5.74, 6) is 0. The van der Waals surface area contributed by atoms with Crippen LogP contribution in [-0.2, 0) is 6.42 Å². The lowest BCUT2D eigenvalue weighted by molar-refractivity contribution is -0.384. The predicted octanol–water partition coefficient (Wildman–Crippen LogP) is 4.25. The summed E-state index contributed by atoms with van der Waals surface area (Å²) < 4.78 is 0. The highest BCUT2D eigenvalue weighted by Crippen LogP contribution is 2.40. The van der Waals surface area contributed by atoms with Gasteiger partial charge in [-0.15, -0.1) is 0 Å². The van der Waals surface area contributed by atoms with Crippen LogP contribution in [-0.4, -0.2) is 11.5 Å². The van der Waals surface area contributed by atoms with Gasteiger partial charge in [0, 0.05) is 35.1 Å². The van der Waals surface area contributed by atoms with Gasteiger partial charge < -0.3 is 4.90 Å². The van der Waals surface area contributed by atoms with E-state index >= 15 is 0 Å². The van der Waals surface area contributed by atoms with E-state index in [2.05, 4.69) is 11.0 Å². The van der Waals surface area contributed by atoms with E-state index < -0.39 is 0 Å². The van der Waals surface area contributed by atoms with Gasteiger partial charge in [0.05, 0.1) is 4.92 Å². The van der Waals surface area contributed by atoms with E-state index in [1.807, 2.05) is 13.0 Å². The molecule has 3 rings (SSSR count). The first-order chi connectivity index (χ1) is 9.58. The fourth-order valence-electron chi connectivity index (χ4n) is 2.67. The van der Waals surface area contributed by atoms with Gasteiger partial charge in [-0.2, -0.15) is 0 Å². The summed E-state index contributed by atoms with van der Waals surface area (Å²) in [6.07, 6.45) is 0.963. The van der Waals surface area contributed by atoms with Crippen molar-refractivity contribution < 1.29 is 4.92 Å². The second kappa shape index (κ2) is 4.80. The van der Waals surface area contributed by atoms with Crippen LogP contribution in [0.4, 0.5) is 17.1 Å². The Labute approximate surface area is 121 Å². The summed E-state index contributed by atoms with van der Waals surface area (Å²) in [7, 11) is 0. The summed E-state index contributed by atoms with van der Waals surface area (Å²) in [6, 6.07) is 10.6. The summed E-state index contributed by atoms with van der Waals surface area (Å²) >= 11 is 6.20. The van der Waals surface area contributed by atoms with E-state index in [-0.39, 0.29) is 10.6 Å². The van der Waals surface area contributed by atoms with Gasteiger partial charge in [-0.25, -0.2) is 0 Å². The maximum absolute atomic E-state index is 10.7. The molecule has 0 saturated carbocycles. The van der Waals surface area contributed by atoms with Gasteiger partial charge >= 0.3 is 0 Å². The van der Waals surface area contributed by atoms with Crippen LogP contribution < -0.4 is 4.90 Å². The number of nitro groups is 1. The molecule has 0 amide bonds. The minimum absolute atomic E-state index is 0.107. The zero-order chi connectivity index (χ0) is 14.3. The van der Waals surface area contributed by atoms with Crippen LogP contribution in [0.15, 0.2) is 36.4 Å². The normalized spacial score (nSPS) is 13.4. The third-order valence-electron chi connectivity index (χ3n) is 3.70. The highest BCUT2D eigenvalue weighted by atomic mass is 35.5. The van der Waals surface area contributed by atoms with Crippen molar-refractivity contribution in [3.05, 3.63) is 62.7 Å². The summed E-state index contributed by atoms with van der Waals surface area (Å²) in [5, 5.41) is 11.5.